The van der Waals surface area contributed by atoms with Gasteiger partial charge in [-0.15, -0.1) is 0 Å². The fourth-order valence-electron chi connectivity index (χ4n) is 3.05. The van der Waals surface area contributed by atoms with Crippen molar-refractivity contribution in [2.75, 3.05) is 45.2 Å². The lowest BCUT2D eigenvalue weighted by atomic mass is 10.2. The number of amides is 1. The number of rotatable bonds is 5. The first kappa shape index (κ1) is 15.8. The van der Waals surface area contributed by atoms with Gasteiger partial charge < -0.3 is 9.80 Å². The molecule has 0 spiro atoms. The zero-order valence-electron chi connectivity index (χ0n) is 13.7. The molecule has 116 valence electrons. The summed E-state index contributed by atoms with van der Waals surface area (Å²) in [6.07, 6.45) is 1.09. The molecular weight excluding hydrogens is 262 g/mol. The van der Waals surface area contributed by atoms with Crippen LogP contribution in [-0.2, 0) is 0 Å². The molecule has 0 N–H and O–H groups in total. The minimum absolute atomic E-state index is 0.162. The van der Waals surface area contributed by atoms with Gasteiger partial charge in [-0.05, 0) is 43.8 Å². The predicted octanol–water partition coefficient (Wildman–Crippen LogP) is 2.31. The molecule has 1 atom stereocenters. The van der Waals surface area contributed by atoms with Gasteiger partial charge in [0.2, 0.25) is 0 Å². The summed E-state index contributed by atoms with van der Waals surface area (Å²) in [5, 5.41) is 0. The third-order valence-electron chi connectivity index (χ3n) is 4.41. The highest BCUT2D eigenvalue weighted by atomic mass is 16.2. The summed E-state index contributed by atoms with van der Waals surface area (Å²) in [6.45, 7) is 8.22. The summed E-state index contributed by atoms with van der Waals surface area (Å²) in [5.41, 5.74) is 1.91. The third kappa shape index (κ3) is 3.56. The van der Waals surface area contributed by atoms with Gasteiger partial charge in [-0.2, -0.15) is 0 Å². The molecule has 0 radical (unpaired) electrons. The van der Waals surface area contributed by atoms with Crippen LogP contribution < -0.4 is 4.90 Å². The van der Waals surface area contributed by atoms with Crippen molar-refractivity contribution in [3.05, 3.63) is 29.8 Å². The Balaban J connectivity index is 2.01. The quantitative estimate of drug-likeness (QED) is 0.832. The molecule has 1 aliphatic heterocycles. The Morgan fingerprint density at radius 1 is 1.19 bits per heavy atom. The second-order valence-electron chi connectivity index (χ2n) is 5.86. The van der Waals surface area contributed by atoms with Crippen molar-refractivity contribution in [2.24, 2.45) is 0 Å². The van der Waals surface area contributed by atoms with Crippen molar-refractivity contribution in [1.82, 2.24) is 9.80 Å². The van der Waals surface area contributed by atoms with E-state index in [-0.39, 0.29) is 5.91 Å². The molecule has 4 heteroatoms. The van der Waals surface area contributed by atoms with Crippen molar-refractivity contribution >= 4 is 11.6 Å². The molecule has 0 aromatic heterocycles. The zero-order valence-corrected chi connectivity index (χ0v) is 13.7. The first-order chi connectivity index (χ1) is 10.1. The van der Waals surface area contributed by atoms with Gasteiger partial charge in [0.05, 0.1) is 0 Å². The van der Waals surface area contributed by atoms with Crippen molar-refractivity contribution in [3.8, 4) is 0 Å². The van der Waals surface area contributed by atoms with E-state index in [0.717, 1.165) is 43.9 Å². The molecule has 1 heterocycles. The standard InChI is InChI=1S/C17H27N3O/c1-5-19(6-2)16-11-12-20(13-16)17(21)14-7-9-15(10-8-14)18(3)4/h7-10,16H,5-6,11-13H2,1-4H3. The molecule has 1 fully saturated rings. The number of carbonyl (C=O) groups is 1. The lowest BCUT2D eigenvalue weighted by Crippen LogP contribution is -2.38. The molecular formula is C17H27N3O. The number of nitrogens with zero attached hydrogens (tertiary/aromatic N) is 3. The van der Waals surface area contributed by atoms with Gasteiger partial charge in [-0.3, -0.25) is 9.69 Å². The molecule has 0 aliphatic carbocycles. The molecule has 1 aliphatic rings. The number of likely N-dealkylation sites (tertiary alicyclic amines) is 1. The highest BCUT2D eigenvalue weighted by molar-refractivity contribution is 5.94. The maximum absolute atomic E-state index is 12.6. The minimum Gasteiger partial charge on any atom is -0.378 e. The number of benzene rings is 1. The summed E-state index contributed by atoms with van der Waals surface area (Å²) >= 11 is 0. The average molecular weight is 289 g/mol. The summed E-state index contributed by atoms with van der Waals surface area (Å²) in [5.74, 6) is 0.162. The number of likely N-dealkylation sites (N-methyl/N-ethyl adjacent to an activating group) is 1. The van der Waals surface area contributed by atoms with Gasteiger partial charge in [0.15, 0.2) is 0 Å². The Labute approximate surface area is 128 Å². The van der Waals surface area contributed by atoms with E-state index in [1.54, 1.807) is 0 Å². The highest BCUT2D eigenvalue weighted by Crippen LogP contribution is 2.19. The van der Waals surface area contributed by atoms with Gasteiger partial charge in [-0.1, -0.05) is 13.8 Å². The Kier molecular flexibility index (Phi) is 5.23. The lowest BCUT2D eigenvalue weighted by Gasteiger charge is -2.26. The van der Waals surface area contributed by atoms with Crippen molar-refractivity contribution in [1.29, 1.82) is 0 Å². The van der Waals surface area contributed by atoms with E-state index in [1.807, 2.05) is 48.2 Å². The van der Waals surface area contributed by atoms with E-state index < -0.39 is 0 Å². The largest absolute Gasteiger partial charge is 0.378 e. The van der Waals surface area contributed by atoms with Crippen LogP contribution in [0.3, 0.4) is 0 Å². The molecule has 1 saturated heterocycles. The van der Waals surface area contributed by atoms with Gasteiger partial charge >= 0.3 is 0 Å². The smallest absolute Gasteiger partial charge is 0.253 e. The maximum Gasteiger partial charge on any atom is 0.253 e. The Bertz CT molecular complexity index is 465. The normalized spacial score (nSPS) is 18.3. The molecule has 1 aromatic rings. The first-order valence-corrected chi connectivity index (χ1v) is 7.87. The van der Waals surface area contributed by atoms with Gasteiger partial charge in [-0.25, -0.2) is 0 Å². The van der Waals surface area contributed by atoms with E-state index in [9.17, 15) is 4.79 Å². The Hall–Kier alpha value is -1.55. The maximum atomic E-state index is 12.6. The van der Waals surface area contributed by atoms with Crippen LogP contribution in [0.15, 0.2) is 24.3 Å². The van der Waals surface area contributed by atoms with E-state index in [4.69, 9.17) is 0 Å². The van der Waals surface area contributed by atoms with E-state index >= 15 is 0 Å². The van der Waals surface area contributed by atoms with E-state index in [2.05, 4.69) is 18.7 Å². The van der Waals surface area contributed by atoms with Crippen LogP contribution in [0.2, 0.25) is 0 Å². The molecule has 4 nitrogen and oxygen atoms in total. The first-order valence-electron chi connectivity index (χ1n) is 7.87. The van der Waals surface area contributed by atoms with E-state index in [1.165, 1.54) is 0 Å². The highest BCUT2D eigenvalue weighted by Gasteiger charge is 2.29. The van der Waals surface area contributed by atoms with Crippen LogP contribution >= 0.6 is 0 Å². The summed E-state index contributed by atoms with van der Waals surface area (Å²) in [4.78, 5) is 19.0. The lowest BCUT2D eigenvalue weighted by molar-refractivity contribution is 0.0778. The molecule has 1 aromatic carbocycles. The average Bonchev–Trinajstić information content (AvgIpc) is 2.97. The number of anilines is 1. The molecule has 0 saturated carbocycles. The van der Waals surface area contributed by atoms with Gasteiger partial charge in [0.25, 0.3) is 5.91 Å². The van der Waals surface area contributed by atoms with Crippen LogP contribution in [0.5, 0.6) is 0 Å². The summed E-state index contributed by atoms with van der Waals surface area (Å²) in [7, 11) is 4.01. The van der Waals surface area contributed by atoms with Crippen molar-refractivity contribution in [2.45, 2.75) is 26.3 Å². The monoisotopic (exact) mass is 289 g/mol. The topological polar surface area (TPSA) is 26.8 Å². The Morgan fingerprint density at radius 3 is 2.33 bits per heavy atom. The molecule has 21 heavy (non-hydrogen) atoms. The molecule has 1 amide bonds. The Morgan fingerprint density at radius 2 is 1.81 bits per heavy atom. The van der Waals surface area contributed by atoms with Crippen LogP contribution in [0, 0.1) is 0 Å². The van der Waals surface area contributed by atoms with Gasteiger partial charge in [0.1, 0.15) is 0 Å². The van der Waals surface area contributed by atoms with E-state index in [0.29, 0.717) is 6.04 Å². The SMILES string of the molecule is CCN(CC)C1CCN(C(=O)c2ccc(N(C)C)cc2)C1. The van der Waals surface area contributed by atoms with Crippen LogP contribution in [-0.4, -0.2) is 62.0 Å². The van der Waals surface area contributed by atoms with Crippen LogP contribution in [0.1, 0.15) is 30.6 Å². The zero-order chi connectivity index (χ0) is 15.4. The molecule has 2 rings (SSSR count). The minimum atomic E-state index is 0.162. The van der Waals surface area contributed by atoms with Crippen LogP contribution in [0.4, 0.5) is 5.69 Å². The molecule has 1 unspecified atom stereocenters. The third-order valence-corrected chi connectivity index (χ3v) is 4.41. The number of hydrogen-bond donors (Lipinski definition) is 0. The second-order valence-corrected chi connectivity index (χ2v) is 5.86. The summed E-state index contributed by atoms with van der Waals surface area (Å²) in [6, 6.07) is 8.39. The summed E-state index contributed by atoms with van der Waals surface area (Å²) < 4.78 is 0. The van der Waals surface area contributed by atoms with Gasteiger partial charge in [0, 0.05) is 44.5 Å². The number of carbonyl (C=O) groups excluding carboxylic acids is 1. The fourth-order valence-corrected chi connectivity index (χ4v) is 3.05. The van der Waals surface area contributed by atoms with Crippen LogP contribution in [0.25, 0.3) is 0 Å². The second kappa shape index (κ2) is 6.94. The molecule has 0 bridgehead atoms. The number of hydrogen-bond acceptors (Lipinski definition) is 3. The fraction of sp³-hybridized carbons (Fsp3) is 0.588. The van der Waals surface area contributed by atoms with Crippen molar-refractivity contribution < 1.29 is 4.79 Å². The predicted molar refractivity (Wildman–Crippen MR) is 88.0 cm³/mol. The van der Waals surface area contributed by atoms with Crippen molar-refractivity contribution in [3.63, 3.8) is 0 Å².